The molecule has 0 saturated heterocycles. The van der Waals surface area contributed by atoms with Crippen LogP contribution in [0.4, 0.5) is 17.6 Å². The lowest BCUT2D eigenvalue weighted by molar-refractivity contribution is -0.396. The number of methoxy groups -OCH3 is 1. The van der Waals surface area contributed by atoms with E-state index < -0.39 is 51.0 Å². The normalized spacial score (nSPS) is 14.1. The van der Waals surface area contributed by atoms with Gasteiger partial charge in [-0.15, -0.1) is 0 Å². The molecule has 0 fully saturated rings. The highest BCUT2D eigenvalue weighted by atomic mass is 19.3. The lowest BCUT2D eigenvalue weighted by Gasteiger charge is -2.24. The third kappa shape index (κ3) is 15.8. The van der Waals surface area contributed by atoms with E-state index in [1.807, 2.05) is 0 Å². The van der Waals surface area contributed by atoms with E-state index >= 15 is 0 Å². The highest BCUT2D eigenvalue weighted by Gasteiger charge is 2.44. The fraction of sp³-hybridized carbons (Fsp3) is 0.714. The molecule has 0 amide bonds. The maximum atomic E-state index is 13.6. The molecular weight excluding hydrogens is 488 g/mol. The van der Waals surface area contributed by atoms with Gasteiger partial charge in [0.05, 0.1) is 39.6 Å². The number of hydrogen-bond acceptors (Lipinski definition) is 10. The van der Waals surface area contributed by atoms with E-state index in [9.17, 15) is 27.8 Å². The predicted molar refractivity (Wildman–Crippen MR) is 112 cm³/mol. The van der Waals surface area contributed by atoms with Gasteiger partial charge in [-0.05, 0) is 30.7 Å². The number of rotatable bonds is 21. The maximum absolute atomic E-state index is 13.6. The molecule has 1 aromatic carbocycles. The number of benzene rings is 1. The fourth-order valence-corrected chi connectivity index (χ4v) is 2.35. The van der Waals surface area contributed by atoms with E-state index in [0.29, 0.717) is 11.5 Å². The first kappa shape index (κ1) is 31.3. The van der Waals surface area contributed by atoms with Gasteiger partial charge in [-0.2, -0.15) is 17.6 Å². The molecule has 3 N–H and O–H groups in total. The Morgan fingerprint density at radius 2 is 1.34 bits per heavy atom. The first-order chi connectivity index (χ1) is 16.6. The van der Waals surface area contributed by atoms with Crippen LogP contribution in [0.25, 0.3) is 0 Å². The molecule has 0 aliphatic heterocycles. The lowest BCUT2D eigenvalue weighted by Crippen LogP contribution is -2.40. The topological polar surface area (TPSA) is 125 Å². The summed E-state index contributed by atoms with van der Waals surface area (Å²) in [6.07, 6.45) is -10.7. The van der Waals surface area contributed by atoms with Crippen molar-refractivity contribution in [3.8, 4) is 11.5 Å². The average molecular weight is 520 g/mol. The summed E-state index contributed by atoms with van der Waals surface area (Å²) in [6, 6.07) is 6.39. The van der Waals surface area contributed by atoms with Crippen LogP contribution in [0.1, 0.15) is 6.42 Å². The first-order valence-corrected chi connectivity index (χ1v) is 10.6. The molecule has 2 atom stereocenters. The second-order valence-electron chi connectivity index (χ2n) is 7.15. The second-order valence-corrected chi connectivity index (χ2v) is 7.15. The van der Waals surface area contributed by atoms with Gasteiger partial charge in [0.2, 0.25) is 0 Å². The van der Waals surface area contributed by atoms with Crippen LogP contribution in [0.5, 0.6) is 11.5 Å². The number of halogens is 4. The number of aliphatic hydroxyl groups excluding tert-OH is 3. The van der Waals surface area contributed by atoms with Crippen molar-refractivity contribution in [2.75, 3.05) is 66.8 Å². The molecule has 204 valence electrons. The molecule has 35 heavy (non-hydrogen) atoms. The molecule has 1 aromatic rings. The maximum Gasteiger partial charge on any atom is 0.383 e. The monoisotopic (exact) mass is 520 g/mol. The molecule has 0 radical (unpaired) electrons. The Balaban J connectivity index is 2.15. The van der Waals surface area contributed by atoms with Crippen LogP contribution in [0.15, 0.2) is 24.3 Å². The highest BCUT2D eigenvalue weighted by molar-refractivity contribution is 5.31. The Kier molecular flexibility index (Phi) is 15.0. The summed E-state index contributed by atoms with van der Waals surface area (Å²) in [4.78, 5) is 0. The quantitative estimate of drug-likeness (QED) is 0.124. The number of alkyl halides is 4. The van der Waals surface area contributed by atoms with Crippen LogP contribution >= 0.6 is 0 Å². The van der Waals surface area contributed by atoms with Crippen molar-refractivity contribution < 1.29 is 66.0 Å². The van der Waals surface area contributed by atoms with Gasteiger partial charge < -0.3 is 43.7 Å². The van der Waals surface area contributed by atoms with Crippen molar-refractivity contribution in [3.63, 3.8) is 0 Å². The van der Waals surface area contributed by atoms with E-state index in [0.717, 1.165) is 0 Å². The Hall–Kier alpha value is -1.78. The molecule has 1 rings (SSSR count). The largest absolute Gasteiger partial charge is 0.497 e. The minimum Gasteiger partial charge on any atom is -0.497 e. The standard InChI is InChI=1S/C21H32F4O10/c1-29-18-2-4-19(5-3-18)34-12-17(28)11-32-13-20(22,23)35-21(24,25)14-33-15-31-9-8-30-10-16(27)6-7-26/h2-5,16-17,26-28H,6-15H2,1H3. The zero-order chi connectivity index (χ0) is 26.2. The molecule has 2 unspecified atom stereocenters. The molecule has 0 aromatic heterocycles. The summed E-state index contributed by atoms with van der Waals surface area (Å²) in [5, 5.41) is 27.6. The average Bonchev–Trinajstić information content (AvgIpc) is 2.79. The van der Waals surface area contributed by atoms with Crippen molar-refractivity contribution in [2.45, 2.75) is 30.8 Å². The van der Waals surface area contributed by atoms with E-state index in [1.165, 1.54) is 7.11 Å². The molecule has 0 spiro atoms. The molecule has 0 saturated carbocycles. The summed E-state index contributed by atoms with van der Waals surface area (Å²) < 4.78 is 87.0. The second kappa shape index (κ2) is 16.8. The molecule has 10 nitrogen and oxygen atoms in total. The zero-order valence-electron chi connectivity index (χ0n) is 19.2. The van der Waals surface area contributed by atoms with Crippen LogP contribution in [-0.4, -0.2) is 107 Å². The van der Waals surface area contributed by atoms with Gasteiger partial charge in [0.15, 0.2) is 0 Å². The van der Waals surface area contributed by atoms with Gasteiger partial charge >= 0.3 is 12.2 Å². The van der Waals surface area contributed by atoms with Gasteiger partial charge in [-0.1, -0.05) is 0 Å². The van der Waals surface area contributed by atoms with Crippen LogP contribution < -0.4 is 9.47 Å². The lowest BCUT2D eigenvalue weighted by atomic mass is 10.3. The van der Waals surface area contributed by atoms with Gasteiger partial charge in [-0.3, -0.25) is 4.74 Å². The van der Waals surface area contributed by atoms with Crippen molar-refractivity contribution >= 4 is 0 Å². The Labute approximate surface area is 200 Å². The van der Waals surface area contributed by atoms with Gasteiger partial charge in [0.1, 0.15) is 44.2 Å². The van der Waals surface area contributed by atoms with E-state index in [2.05, 4.69) is 14.2 Å². The van der Waals surface area contributed by atoms with Crippen molar-refractivity contribution in [3.05, 3.63) is 24.3 Å². The smallest absolute Gasteiger partial charge is 0.383 e. The van der Waals surface area contributed by atoms with E-state index in [4.69, 9.17) is 24.1 Å². The fourth-order valence-electron chi connectivity index (χ4n) is 2.35. The van der Waals surface area contributed by atoms with Gasteiger partial charge in [-0.25, -0.2) is 0 Å². The molecular formula is C21H32F4O10. The van der Waals surface area contributed by atoms with Crippen LogP contribution in [-0.2, 0) is 23.7 Å². The Morgan fingerprint density at radius 1 is 0.771 bits per heavy atom. The Morgan fingerprint density at radius 3 is 1.97 bits per heavy atom. The summed E-state index contributed by atoms with van der Waals surface area (Å²) in [6.45, 7) is -4.84. The summed E-state index contributed by atoms with van der Waals surface area (Å²) >= 11 is 0. The van der Waals surface area contributed by atoms with Gasteiger partial charge in [0.25, 0.3) is 0 Å². The minimum absolute atomic E-state index is 0.0190. The van der Waals surface area contributed by atoms with Crippen LogP contribution in [0, 0.1) is 0 Å². The SMILES string of the molecule is COc1ccc(OCC(O)COCC(F)(F)OC(F)(F)COCOCCOCC(O)CCO)cc1. The Bertz CT molecular complexity index is 666. The number of hydrogen-bond donors (Lipinski definition) is 3. The van der Waals surface area contributed by atoms with E-state index in [-0.39, 0.29) is 39.5 Å². The van der Waals surface area contributed by atoms with Crippen molar-refractivity contribution in [2.24, 2.45) is 0 Å². The molecule has 0 heterocycles. The summed E-state index contributed by atoms with van der Waals surface area (Å²) in [7, 11) is 1.49. The third-order valence-electron chi connectivity index (χ3n) is 3.96. The van der Waals surface area contributed by atoms with E-state index in [1.54, 1.807) is 24.3 Å². The molecule has 14 heteroatoms. The number of aliphatic hydroxyl groups is 3. The highest BCUT2D eigenvalue weighted by Crippen LogP contribution is 2.27. The molecule has 0 aliphatic carbocycles. The van der Waals surface area contributed by atoms with Crippen molar-refractivity contribution in [1.82, 2.24) is 0 Å². The number of ether oxygens (including phenoxy) is 7. The molecule has 0 bridgehead atoms. The molecule has 0 aliphatic rings. The van der Waals surface area contributed by atoms with Gasteiger partial charge in [0, 0.05) is 6.61 Å². The zero-order valence-corrected chi connectivity index (χ0v) is 19.2. The summed E-state index contributed by atoms with van der Waals surface area (Å²) in [5.41, 5.74) is 0. The third-order valence-corrected chi connectivity index (χ3v) is 3.96. The minimum atomic E-state index is -4.35. The van der Waals surface area contributed by atoms with Crippen molar-refractivity contribution in [1.29, 1.82) is 0 Å². The van der Waals surface area contributed by atoms with Crippen LogP contribution in [0.2, 0.25) is 0 Å². The predicted octanol–water partition coefficient (Wildman–Crippen LogP) is 1.40. The first-order valence-electron chi connectivity index (χ1n) is 10.6. The van der Waals surface area contributed by atoms with Crippen LogP contribution in [0.3, 0.4) is 0 Å². The summed E-state index contributed by atoms with van der Waals surface area (Å²) in [5.74, 6) is 0.988.